The number of carboxylic acids is 1. The van der Waals surface area contributed by atoms with Gasteiger partial charge in [-0.05, 0) is 41.5 Å². The van der Waals surface area contributed by atoms with Gasteiger partial charge in [0, 0.05) is 30.0 Å². The Balaban J connectivity index is 1.77. The van der Waals surface area contributed by atoms with Gasteiger partial charge < -0.3 is 19.7 Å². The van der Waals surface area contributed by atoms with Crippen LogP contribution in [0.2, 0.25) is 10.0 Å². The second kappa shape index (κ2) is 10.2. The number of carbonyl (C=O) groups is 1. The number of rotatable bonds is 8. The molecule has 0 aliphatic rings. The van der Waals surface area contributed by atoms with E-state index in [2.05, 4.69) is 10.4 Å². The van der Waals surface area contributed by atoms with E-state index in [4.69, 9.17) is 27.9 Å². The molecule has 0 radical (unpaired) electrons. The van der Waals surface area contributed by atoms with Crippen LogP contribution in [0.4, 0.5) is 5.69 Å². The predicted octanol–water partition coefficient (Wildman–Crippen LogP) is 4.85. The van der Waals surface area contributed by atoms with E-state index in [-0.39, 0.29) is 16.3 Å². The van der Waals surface area contributed by atoms with Gasteiger partial charge in [0.05, 0.1) is 25.4 Å². The molecule has 2 aromatic heterocycles. The van der Waals surface area contributed by atoms with E-state index < -0.39 is 12.0 Å². The van der Waals surface area contributed by atoms with Crippen LogP contribution in [-0.2, 0) is 13.6 Å². The molecule has 0 bridgehead atoms. The highest BCUT2D eigenvalue weighted by Gasteiger charge is 2.25. The lowest BCUT2D eigenvalue weighted by molar-refractivity contribution is 0.0688. The quantitative estimate of drug-likeness (QED) is 0.350. The Kier molecular flexibility index (Phi) is 7.14. The maximum atomic E-state index is 12.2. The number of pyridine rings is 1. The summed E-state index contributed by atoms with van der Waals surface area (Å²) >= 11 is 12.2. The summed E-state index contributed by atoms with van der Waals surface area (Å²) in [5.41, 5.74) is 2.23. The smallest absolute Gasteiger partial charge is 0.356 e. The zero-order valence-corrected chi connectivity index (χ0v) is 20.4. The summed E-state index contributed by atoms with van der Waals surface area (Å²) in [6.07, 6.45) is 3.29. The Labute approximate surface area is 211 Å². The number of aromatic carboxylic acids is 1. The number of anilines is 1. The number of hydrogen-bond acceptors (Lipinski definition) is 5. The fourth-order valence-corrected chi connectivity index (χ4v) is 4.10. The molecule has 0 spiro atoms. The first kappa shape index (κ1) is 24.4. The maximum Gasteiger partial charge on any atom is 0.356 e. The average Bonchev–Trinajstić information content (AvgIpc) is 3.26. The molecule has 0 aliphatic carbocycles. The molecule has 180 valence electrons. The van der Waals surface area contributed by atoms with Gasteiger partial charge in [-0.3, -0.25) is 9.48 Å². The number of aromatic nitrogens is 3. The van der Waals surface area contributed by atoms with Crippen molar-refractivity contribution in [1.29, 1.82) is 0 Å². The molecule has 4 rings (SSSR count). The standard InChI is InChI=1S/C25H22Cl2N4O4/c1-30-13-18(11-21(27)24(30)32)28-22(16-5-7-17(26)8-6-16)20-14-31(29-23(20)25(33)34)12-15-3-9-19(35-2)10-4-15/h3-11,13-14,22,28H,12H2,1-2H3,(H,33,34). The third-order valence-electron chi connectivity index (χ3n) is 5.46. The molecule has 2 heterocycles. The van der Waals surface area contributed by atoms with Crippen molar-refractivity contribution in [1.82, 2.24) is 14.3 Å². The van der Waals surface area contributed by atoms with Gasteiger partial charge in [0.1, 0.15) is 10.8 Å². The first-order valence-electron chi connectivity index (χ1n) is 10.6. The summed E-state index contributed by atoms with van der Waals surface area (Å²) < 4.78 is 8.13. The van der Waals surface area contributed by atoms with E-state index in [1.54, 1.807) is 55.5 Å². The molecule has 0 saturated heterocycles. The van der Waals surface area contributed by atoms with Crippen LogP contribution < -0.4 is 15.6 Å². The van der Waals surface area contributed by atoms with E-state index >= 15 is 0 Å². The molecule has 0 saturated carbocycles. The van der Waals surface area contributed by atoms with Gasteiger partial charge in [-0.2, -0.15) is 5.10 Å². The minimum absolute atomic E-state index is 0.0426. The minimum Gasteiger partial charge on any atom is -0.497 e. The number of halogens is 2. The van der Waals surface area contributed by atoms with Crippen molar-refractivity contribution in [2.45, 2.75) is 12.6 Å². The zero-order chi connectivity index (χ0) is 25.1. The monoisotopic (exact) mass is 512 g/mol. The fraction of sp³-hybridized carbons (Fsp3) is 0.160. The topological polar surface area (TPSA) is 98.4 Å². The Morgan fingerprint density at radius 1 is 1.11 bits per heavy atom. The Hall–Kier alpha value is -3.75. The molecule has 10 heteroatoms. The van der Waals surface area contributed by atoms with Gasteiger partial charge in [-0.15, -0.1) is 0 Å². The third-order valence-corrected chi connectivity index (χ3v) is 5.98. The SMILES string of the molecule is COc1ccc(Cn2cc(C(Nc3cc(Cl)c(=O)n(C)c3)c3ccc(Cl)cc3)c(C(=O)O)n2)cc1. The number of ether oxygens (including phenoxy) is 1. The van der Waals surface area contributed by atoms with Gasteiger partial charge in [0.15, 0.2) is 5.69 Å². The van der Waals surface area contributed by atoms with E-state index in [0.717, 1.165) is 16.9 Å². The van der Waals surface area contributed by atoms with Gasteiger partial charge >= 0.3 is 5.97 Å². The molecule has 4 aromatic rings. The lowest BCUT2D eigenvalue weighted by Crippen LogP contribution is -2.20. The molecular weight excluding hydrogens is 491 g/mol. The molecule has 2 N–H and O–H groups in total. The van der Waals surface area contributed by atoms with Gasteiger partial charge in [0.2, 0.25) is 0 Å². The second-order valence-corrected chi connectivity index (χ2v) is 8.75. The highest BCUT2D eigenvalue weighted by atomic mass is 35.5. The second-order valence-electron chi connectivity index (χ2n) is 7.91. The summed E-state index contributed by atoms with van der Waals surface area (Å²) in [6.45, 7) is 0.364. The number of nitrogens with zero attached hydrogens (tertiary/aromatic N) is 3. The largest absolute Gasteiger partial charge is 0.497 e. The molecular formula is C25H22Cl2N4O4. The number of aryl methyl sites for hydroxylation is 1. The number of nitrogens with one attached hydrogen (secondary N) is 1. The fourth-order valence-electron chi connectivity index (χ4n) is 3.73. The van der Waals surface area contributed by atoms with Crippen LogP contribution in [-0.4, -0.2) is 32.5 Å². The summed E-state index contributed by atoms with van der Waals surface area (Å²) in [5, 5.41) is 18.2. The maximum absolute atomic E-state index is 12.2. The number of carboxylic acid groups (broad SMARTS) is 1. The molecule has 0 amide bonds. The summed E-state index contributed by atoms with van der Waals surface area (Å²) in [6, 6.07) is 15.4. The lowest BCUT2D eigenvalue weighted by atomic mass is 9.98. The minimum atomic E-state index is -1.16. The van der Waals surface area contributed by atoms with Crippen molar-refractivity contribution < 1.29 is 14.6 Å². The van der Waals surface area contributed by atoms with Crippen molar-refractivity contribution in [2.24, 2.45) is 7.05 Å². The van der Waals surface area contributed by atoms with Gasteiger partial charge in [-0.25, -0.2) is 4.79 Å². The van der Waals surface area contributed by atoms with E-state index in [0.29, 0.717) is 22.8 Å². The Morgan fingerprint density at radius 2 is 1.80 bits per heavy atom. The van der Waals surface area contributed by atoms with Gasteiger partial charge in [0.25, 0.3) is 5.56 Å². The number of benzene rings is 2. The summed E-state index contributed by atoms with van der Waals surface area (Å²) in [5.74, 6) is -0.434. The van der Waals surface area contributed by atoms with E-state index in [9.17, 15) is 14.7 Å². The highest BCUT2D eigenvalue weighted by Crippen LogP contribution is 2.30. The van der Waals surface area contributed by atoms with Crippen molar-refractivity contribution in [3.8, 4) is 5.75 Å². The molecule has 2 aromatic carbocycles. The normalized spacial score (nSPS) is 11.8. The summed E-state index contributed by atoms with van der Waals surface area (Å²) in [7, 11) is 3.18. The van der Waals surface area contributed by atoms with Crippen LogP contribution in [0.15, 0.2) is 71.8 Å². The average molecular weight is 513 g/mol. The molecule has 0 aliphatic heterocycles. The van der Waals surface area contributed by atoms with Crippen LogP contribution in [0.3, 0.4) is 0 Å². The van der Waals surface area contributed by atoms with Crippen LogP contribution in [0.5, 0.6) is 5.75 Å². The lowest BCUT2D eigenvalue weighted by Gasteiger charge is -2.21. The van der Waals surface area contributed by atoms with Crippen molar-refractivity contribution in [3.05, 3.63) is 110 Å². The molecule has 0 fully saturated rings. The molecule has 1 unspecified atom stereocenters. The van der Waals surface area contributed by atoms with Crippen LogP contribution in [0.25, 0.3) is 0 Å². The first-order valence-corrected chi connectivity index (χ1v) is 11.3. The molecule has 8 nitrogen and oxygen atoms in total. The van der Waals surface area contributed by atoms with Crippen molar-refractivity contribution in [2.75, 3.05) is 12.4 Å². The molecule has 35 heavy (non-hydrogen) atoms. The zero-order valence-electron chi connectivity index (χ0n) is 18.9. The Morgan fingerprint density at radius 3 is 2.40 bits per heavy atom. The summed E-state index contributed by atoms with van der Waals surface area (Å²) in [4.78, 5) is 24.2. The van der Waals surface area contributed by atoms with Gasteiger partial charge in [-0.1, -0.05) is 47.5 Å². The van der Waals surface area contributed by atoms with E-state index in [1.807, 2.05) is 24.3 Å². The first-order chi connectivity index (χ1) is 16.7. The Bertz CT molecular complexity index is 1390. The predicted molar refractivity (Wildman–Crippen MR) is 135 cm³/mol. The van der Waals surface area contributed by atoms with E-state index in [1.165, 1.54) is 10.6 Å². The van der Waals surface area contributed by atoms with Crippen molar-refractivity contribution >= 4 is 34.9 Å². The number of hydrogen-bond donors (Lipinski definition) is 2. The van der Waals surface area contributed by atoms with Crippen LogP contribution in [0, 0.1) is 0 Å². The van der Waals surface area contributed by atoms with Crippen LogP contribution in [0.1, 0.15) is 33.2 Å². The van der Waals surface area contributed by atoms with Crippen molar-refractivity contribution in [3.63, 3.8) is 0 Å². The highest BCUT2D eigenvalue weighted by molar-refractivity contribution is 6.30. The number of methoxy groups -OCH3 is 1. The molecule has 1 atom stereocenters. The third kappa shape index (κ3) is 5.50. The van der Waals surface area contributed by atoms with Crippen LogP contribution >= 0.6 is 23.2 Å².